The highest BCUT2D eigenvalue weighted by Crippen LogP contribution is 2.22. The van der Waals surface area contributed by atoms with Gasteiger partial charge in [-0.2, -0.15) is 0 Å². The summed E-state index contributed by atoms with van der Waals surface area (Å²) < 4.78 is 27.5. The molecule has 1 aliphatic rings. The van der Waals surface area contributed by atoms with Gasteiger partial charge in [0.1, 0.15) is 11.6 Å². The maximum absolute atomic E-state index is 13.8. The van der Waals surface area contributed by atoms with Gasteiger partial charge in [-0.15, -0.1) is 0 Å². The topological polar surface area (TPSA) is 6.48 Å². The van der Waals surface area contributed by atoms with Crippen LogP contribution in [0.25, 0.3) is 0 Å². The molecule has 0 saturated carbocycles. The summed E-state index contributed by atoms with van der Waals surface area (Å²) in [4.78, 5) is 3.98. The predicted octanol–water partition coefficient (Wildman–Crippen LogP) is 4.48. The first-order valence-electron chi connectivity index (χ1n) is 6.50. The lowest BCUT2D eigenvalue weighted by Crippen LogP contribution is -2.24. The molecule has 0 fully saturated rings. The van der Waals surface area contributed by atoms with Gasteiger partial charge in [0.05, 0.1) is 6.67 Å². The molecule has 0 bridgehead atoms. The maximum atomic E-state index is 13.8. The highest BCUT2D eigenvalue weighted by molar-refractivity contribution is 9.10. The summed E-state index contributed by atoms with van der Waals surface area (Å²) in [6, 6.07) is 11.4. The molecule has 0 radical (unpaired) electrons. The molecular weight excluding hydrogens is 338 g/mol. The van der Waals surface area contributed by atoms with Crippen LogP contribution in [0.2, 0.25) is 0 Å². The molecule has 3 rings (SSSR count). The molecular formula is C16H13BrF2N2. The third kappa shape index (κ3) is 3.24. The first kappa shape index (κ1) is 14.1. The van der Waals surface area contributed by atoms with Crippen LogP contribution in [0.4, 0.5) is 14.5 Å². The van der Waals surface area contributed by atoms with Gasteiger partial charge in [0.15, 0.2) is 0 Å². The van der Waals surface area contributed by atoms with Crippen LogP contribution in [-0.4, -0.2) is 11.6 Å². The van der Waals surface area contributed by atoms with Gasteiger partial charge in [0.25, 0.3) is 0 Å². The zero-order chi connectivity index (χ0) is 14.8. The Balaban J connectivity index is 1.67. The molecule has 21 heavy (non-hydrogen) atoms. The van der Waals surface area contributed by atoms with Crippen molar-refractivity contribution in [3.05, 3.63) is 76.5 Å². The Morgan fingerprint density at radius 2 is 1.76 bits per heavy atom. The van der Waals surface area contributed by atoms with E-state index in [0.717, 1.165) is 10.2 Å². The van der Waals surface area contributed by atoms with E-state index in [0.29, 0.717) is 18.8 Å². The average molecular weight is 351 g/mol. The Hall–Kier alpha value is -1.88. The van der Waals surface area contributed by atoms with Gasteiger partial charge >= 0.3 is 0 Å². The Kier molecular flexibility index (Phi) is 3.92. The standard InChI is InChI=1S/C16H13BrF2N2/c17-13-2-1-12(16(19)9-13)10-20-7-8-21(11-20)15-5-3-14(18)4-6-15/h1-9H,10-11H2. The largest absolute Gasteiger partial charge is 0.354 e. The van der Waals surface area contributed by atoms with Gasteiger partial charge in [-0.1, -0.05) is 22.0 Å². The van der Waals surface area contributed by atoms with Gasteiger partial charge in [0, 0.05) is 34.7 Å². The number of nitrogens with zero attached hydrogens (tertiary/aromatic N) is 2. The van der Waals surface area contributed by atoms with E-state index in [-0.39, 0.29) is 11.6 Å². The highest BCUT2D eigenvalue weighted by atomic mass is 79.9. The number of benzene rings is 2. The molecule has 0 amide bonds. The number of hydrogen-bond acceptors (Lipinski definition) is 2. The van der Waals surface area contributed by atoms with Crippen molar-refractivity contribution in [2.24, 2.45) is 0 Å². The van der Waals surface area contributed by atoms with E-state index < -0.39 is 0 Å². The maximum Gasteiger partial charge on any atom is 0.129 e. The van der Waals surface area contributed by atoms with Crippen LogP contribution in [0.5, 0.6) is 0 Å². The summed E-state index contributed by atoms with van der Waals surface area (Å²) in [6.07, 6.45) is 3.81. The monoisotopic (exact) mass is 350 g/mol. The van der Waals surface area contributed by atoms with Crippen LogP contribution in [-0.2, 0) is 6.54 Å². The molecule has 0 atom stereocenters. The molecule has 0 aromatic heterocycles. The van der Waals surface area contributed by atoms with Crippen LogP contribution in [0.1, 0.15) is 5.56 Å². The molecule has 2 nitrogen and oxygen atoms in total. The van der Waals surface area contributed by atoms with Crippen molar-refractivity contribution in [3.8, 4) is 0 Å². The molecule has 1 aliphatic heterocycles. The van der Waals surface area contributed by atoms with Gasteiger partial charge in [0.2, 0.25) is 0 Å². The van der Waals surface area contributed by atoms with Crippen molar-refractivity contribution in [2.75, 3.05) is 11.6 Å². The fourth-order valence-electron chi connectivity index (χ4n) is 2.24. The summed E-state index contributed by atoms with van der Waals surface area (Å²) >= 11 is 3.25. The average Bonchev–Trinajstić information content (AvgIpc) is 2.91. The second-order valence-electron chi connectivity index (χ2n) is 4.87. The van der Waals surface area contributed by atoms with Crippen LogP contribution >= 0.6 is 15.9 Å². The van der Waals surface area contributed by atoms with E-state index in [4.69, 9.17) is 0 Å². The third-order valence-corrected chi connectivity index (χ3v) is 3.83. The van der Waals surface area contributed by atoms with E-state index in [1.54, 1.807) is 18.2 Å². The summed E-state index contributed by atoms with van der Waals surface area (Å²) in [7, 11) is 0. The molecule has 0 spiro atoms. The van der Waals surface area contributed by atoms with Crippen molar-refractivity contribution in [3.63, 3.8) is 0 Å². The number of hydrogen-bond donors (Lipinski definition) is 0. The quantitative estimate of drug-likeness (QED) is 0.805. The SMILES string of the molecule is Fc1ccc(N2C=CN(Cc3ccc(Br)cc3F)C2)cc1. The highest BCUT2D eigenvalue weighted by Gasteiger charge is 2.15. The smallest absolute Gasteiger partial charge is 0.129 e. The normalized spacial score (nSPS) is 14.0. The zero-order valence-corrected chi connectivity index (χ0v) is 12.7. The summed E-state index contributed by atoms with van der Waals surface area (Å²) in [5.74, 6) is -0.478. The molecule has 1 heterocycles. The molecule has 108 valence electrons. The summed E-state index contributed by atoms with van der Waals surface area (Å²) in [5.41, 5.74) is 1.55. The van der Waals surface area contributed by atoms with E-state index in [1.165, 1.54) is 18.2 Å². The van der Waals surface area contributed by atoms with Gasteiger partial charge in [-0.3, -0.25) is 0 Å². The number of anilines is 1. The molecule has 0 aliphatic carbocycles. The van der Waals surface area contributed by atoms with Crippen LogP contribution in [0.3, 0.4) is 0 Å². The fourth-order valence-corrected chi connectivity index (χ4v) is 2.57. The van der Waals surface area contributed by atoms with E-state index in [1.807, 2.05) is 28.3 Å². The molecule has 0 N–H and O–H groups in total. The number of rotatable bonds is 3. The first-order valence-corrected chi connectivity index (χ1v) is 7.29. The van der Waals surface area contributed by atoms with Crippen molar-refractivity contribution < 1.29 is 8.78 Å². The van der Waals surface area contributed by atoms with E-state index in [2.05, 4.69) is 15.9 Å². The lowest BCUT2D eigenvalue weighted by Gasteiger charge is -2.21. The Labute approximate surface area is 130 Å². The number of halogens is 3. The zero-order valence-electron chi connectivity index (χ0n) is 11.1. The predicted molar refractivity (Wildman–Crippen MR) is 82.5 cm³/mol. The molecule has 5 heteroatoms. The molecule has 0 saturated heterocycles. The summed E-state index contributed by atoms with van der Waals surface area (Å²) in [5, 5.41) is 0. The van der Waals surface area contributed by atoms with Crippen LogP contribution in [0.15, 0.2) is 59.3 Å². The van der Waals surface area contributed by atoms with Crippen LogP contribution < -0.4 is 4.90 Å². The van der Waals surface area contributed by atoms with Gasteiger partial charge in [-0.25, -0.2) is 8.78 Å². The van der Waals surface area contributed by atoms with Gasteiger partial charge in [-0.05, 0) is 36.4 Å². The van der Waals surface area contributed by atoms with Gasteiger partial charge < -0.3 is 9.80 Å². The van der Waals surface area contributed by atoms with Crippen molar-refractivity contribution in [1.82, 2.24) is 4.90 Å². The van der Waals surface area contributed by atoms with E-state index >= 15 is 0 Å². The summed E-state index contributed by atoms with van der Waals surface area (Å²) in [6.45, 7) is 1.11. The molecule has 2 aromatic carbocycles. The van der Waals surface area contributed by atoms with Crippen molar-refractivity contribution in [2.45, 2.75) is 6.54 Å². The lowest BCUT2D eigenvalue weighted by molar-refractivity contribution is 0.391. The molecule has 0 unspecified atom stereocenters. The first-order chi connectivity index (χ1) is 10.1. The van der Waals surface area contributed by atoms with Crippen molar-refractivity contribution >= 4 is 21.6 Å². The second-order valence-corrected chi connectivity index (χ2v) is 5.78. The minimum Gasteiger partial charge on any atom is -0.354 e. The fraction of sp³-hybridized carbons (Fsp3) is 0.125. The third-order valence-electron chi connectivity index (χ3n) is 3.34. The lowest BCUT2D eigenvalue weighted by atomic mass is 10.2. The van der Waals surface area contributed by atoms with Crippen LogP contribution in [0, 0.1) is 11.6 Å². The Morgan fingerprint density at radius 1 is 1.00 bits per heavy atom. The minimum absolute atomic E-state index is 0.224. The van der Waals surface area contributed by atoms with Crippen molar-refractivity contribution in [1.29, 1.82) is 0 Å². The van der Waals surface area contributed by atoms with E-state index in [9.17, 15) is 8.78 Å². The second kappa shape index (κ2) is 5.85. The Morgan fingerprint density at radius 3 is 2.48 bits per heavy atom. The Bertz CT molecular complexity index is 670. The molecule has 2 aromatic rings. The minimum atomic E-state index is -0.254.